The van der Waals surface area contributed by atoms with Gasteiger partial charge >= 0.3 is 0 Å². The lowest BCUT2D eigenvalue weighted by Crippen LogP contribution is -2.41. The van der Waals surface area contributed by atoms with Crippen molar-refractivity contribution in [3.63, 3.8) is 0 Å². The van der Waals surface area contributed by atoms with E-state index in [4.69, 9.17) is 0 Å². The van der Waals surface area contributed by atoms with Gasteiger partial charge in [-0.3, -0.25) is 4.79 Å². The fourth-order valence-electron chi connectivity index (χ4n) is 3.06. The topological polar surface area (TPSA) is 44.4 Å². The number of fused-ring (bicyclic) bond motifs is 1. The summed E-state index contributed by atoms with van der Waals surface area (Å²) in [6.07, 6.45) is 3.74. The van der Waals surface area contributed by atoms with Crippen LogP contribution in [-0.4, -0.2) is 38.1 Å². The number of benzene rings is 1. The number of carbonyl (C=O) groups is 1. The number of rotatable bonds is 7. The van der Waals surface area contributed by atoms with E-state index in [2.05, 4.69) is 46.7 Å². The molecule has 1 aliphatic carbocycles. The third-order valence-corrected chi connectivity index (χ3v) is 4.44. The molecule has 1 aromatic rings. The predicted molar refractivity (Wildman–Crippen MR) is 85.6 cm³/mol. The molecule has 1 atom stereocenters. The van der Waals surface area contributed by atoms with Gasteiger partial charge in [-0.25, -0.2) is 0 Å². The Morgan fingerprint density at radius 2 is 2.14 bits per heavy atom. The van der Waals surface area contributed by atoms with Crippen LogP contribution in [0.5, 0.6) is 0 Å². The molecule has 0 bridgehead atoms. The molecule has 114 valence electrons. The normalized spacial score (nSPS) is 20.4. The number of hydrogen-bond donors (Lipinski definition) is 2. The van der Waals surface area contributed by atoms with Gasteiger partial charge in [0.15, 0.2) is 0 Å². The summed E-state index contributed by atoms with van der Waals surface area (Å²) < 4.78 is 0. The van der Waals surface area contributed by atoms with Crippen molar-refractivity contribution in [3.05, 3.63) is 29.8 Å². The highest BCUT2D eigenvalue weighted by Gasteiger charge is 2.25. The standard InChI is InChI=1S/C17H25N3O/c1-13-10-15-4-2-3-5-16(15)20(13)9-8-19-17(21)12-18-11-14-6-7-14/h2-5,13-14,18H,6-12H2,1H3,(H,19,21). The highest BCUT2D eigenvalue weighted by molar-refractivity contribution is 5.78. The Balaban J connectivity index is 1.39. The summed E-state index contributed by atoms with van der Waals surface area (Å²) in [5.41, 5.74) is 2.74. The molecule has 4 heteroatoms. The molecule has 1 aromatic carbocycles. The van der Waals surface area contributed by atoms with Gasteiger partial charge in [0.05, 0.1) is 6.54 Å². The highest BCUT2D eigenvalue weighted by atomic mass is 16.1. The van der Waals surface area contributed by atoms with Crippen LogP contribution in [0.1, 0.15) is 25.3 Å². The number of para-hydroxylation sites is 1. The van der Waals surface area contributed by atoms with Gasteiger partial charge in [-0.2, -0.15) is 0 Å². The van der Waals surface area contributed by atoms with Gasteiger partial charge in [0.2, 0.25) is 5.91 Å². The summed E-state index contributed by atoms with van der Waals surface area (Å²) in [5, 5.41) is 6.24. The molecule has 0 spiro atoms. The van der Waals surface area contributed by atoms with E-state index in [1.807, 2.05) is 0 Å². The highest BCUT2D eigenvalue weighted by Crippen LogP contribution is 2.31. The summed E-state index contributed by atoms with van der Waals surface area (Å²) in [6.45, 7) is 5.28. The van der Waals surface area contributed by atoms with Gasteiger partial charge in [-0.1, -0.05) is 18.2 Å². The molecule has 3 rings (SSSR count). The quantitative estimate of drug-likeness (QED) is 0.800. The zero-order chi connectivity index (χ0) is 14.7. The largest absolute Gasteiger partial charge is 0.367 e. The summed E-state index contributed by atoms with van der Waals surface area (Å²) >= 11 is 0. The Kier molecular flexibility index (Phi) is 4.44. The molecule has 0 saturated heterocycles. The molecule has 2 N–H and O–H groups in total. The zero-order valence-corrected chi connectivity index (χ0v) is 12.8. The molecule has 1 heterocycles. The minimum Gasteiger partial charge on any atom is -0.367 e. The smallest absolute Gasteiger partial charge is 0.234 e. The van der Waals surface area contributed by atoms with Crippen LogP contribution in [0.25, 0.3) is 0 Å². The van der Waals surface area contributed by atoms with Crippen LogP contribution in [0.4, 0.5) is 5.69 Å². The van der Waals surface area contributed by atoms with Gasteiger partial charge in [0, 0.05) is 24.8 Å². The maximum atomic E-state index is 11.8. The number of carbonyl (C=O) groups excluding carboxylic acids is 1. The van der Waals surface area contributed by atoms with E-state index in [0.717, 1.165) is 25.4 Å². The molecule has 0 aromatic heterocycles. The molecule has 21 heavy (non-hydrogen) atoms. The second kappa shape index (κ2) is 6.48. The molecular weight excluding hydrogens is 262 g/mol. The number of hydrogen-bond acceptors (Lipinski definition) is 3. The van der Waals surface area contributed by atoms with Gasteiger partial charge in [0.25, 0.3) is 0 Å². The van der Waals surface area contributed by atoms with Crippen LogP contribution in [-0.2, 0) is 11.2 Å². The molecule has 4 nitrogen and oxygen atoms in total. The molecule has 1 saturated carbocycles. The van der Waals surface area contributed by atoms with Crippen molar-refractivity contribution in [1.29, 1.82) is 0 Å². The first-order chi connectivity index (χ1) is 10.2. The van der Waals surface area contributed by atoms with E-state index in [-0.39, 0.29) is 5.91 Å². The third kappa shape index (κ3) is 3.76. The first-order valence-electron chi connectivity index (χ1n) is 8.06. The molecule has 1 amide bonds. The van der Waals surface area contributed by atoms with Gasteiger partial charge in [-0.15, -0.1) is 0 Å². The van der Waals surface area contributed by atoms with E-state index < -0.39 is 0 Å². The second-order valence-electron chi connectivity index (χ2n) is 6.30. The number of amides is 1. The number of nitrogens with one attached hydrogen (secondary N) is 2. The molecular formula is C17H25N3O. The molecule has 1 unspecified atom stereocenters. The Labute approximate surface area is 126 Å². The van der Waals surface area contributed by atoms with Crippen molar-refractivity contribution in [1.82, 2.24) is 10.6 Å². The van der Waals surface area contributed by atoms with Crippen molar-refractivity contribution >= 4 is 11.6 Å². The van der Waals surface area contributed by atoms with E-state index in [0.29, 0.717) is 19.1 Å². The SMILES string of the molecule is CC1Cc2ccccc2N1CCNC(=O)CNCC1CC1. The first kappa shape index (κ1) is 14.4. The number of anilines is 1. The van der Waals surface area contributed by atoms with E-state index in [9.17, 15) is 4.79 Å². The Morgan fingerprint density at radius 1 is 1.33 bits per heavy atom. The van der Waals surface area contributed by atoms with Crippen LogP contribution in [0, 0.1) is 5.92 Å². The Morgan fingerprint density at radius 3 is 2.95 bits per heavy atom. The van der Waals surface area contributed by atoms with Crippen LogP contribution >= 0.6 is 0 Å². The van der Waals surface area contributed by atoms with Crippen LogP contribution in [0.2, 0.25) is 0 Å². The maximum Gasteiger partial charge on any atom is 0.234 e. The minimum absolute atomic E-state index is 0.107. The van der Waals surface area contributed by atoms with Gasteiger partial charge in [-0.05, 0) is 50.3 Å². The molecule has 0 radical (unpaired) electrons. The minimum atomic E-state index is 0.107. The summed E-state index contributed by atoms with van der Waals surface area (Å²) in [4.78, 5) is 14.1. The number of nitrogens with zero attached hydrogens (tertiary/aromatic N) is 1. The summed E-state index contributed by atoms with van der Waals surface area (Å²) in [7, 11) is 0. The third-order valence-electron chi connectivity index (χ3n) is 4.44. The Hall–Kier alpha value is -1.55. The Bertz CT molecular complexity index is 499. The van der Waals surface area contributed by atoms with Crippen molar-refractivity contribution < 1.29 is 4.79 Å². The van der Waals surface area contributed by atoms with Crippen LogP contribution < -0.4 is 15.5 Å². The van der Waals surface area contributed by atoms with E-state index in [1.54, 1.807) is 0 Å². The maximum absolute atomic E-state index is 11.8. The second-order valence-corrected chi connectivity index (χ2v) is 6.30. The average Bonchev–Trinajstić information content (AvgIpc) is 3.23. The van der Waals surface area contributed by atoms with Gasteiger partial charge in [0.1, 0.15) is 0 Å². The van der Waals surface area contributed by atoms with Crippen molar-refractivity contribution in [3.8, 4) is 0 Å². The van der Waals surface area contributed by atoms with Crippen LogP contribution in [0.15, 0.2) is 24.3 Å². The average molecular weight is 287 g/mol. The lowest BCUT2D eigenvalue weighted by atomic mass is 10.1. The van der Waals surface area contributed by atoms with Gasteiger partial charge < -0.3 is 15.5 Å². The lowest BCUT2D eigenvalue weighted by molar-refractivity contribution is -0.120. The van der Waals surface area contributed by atoms with E-state index >= 15 is 0 Å². The molecule has 2 aliphatic rings. The van der Waals surface area contributed by atoms with Crippen molar-refractivity contribution in [2.45, 2.75) is 32.2 Å². The lowest BCUT2D eigenvalue weighted by Gasteiger charge is -2.25. The fraction of sp³-hybridized carbons (Fsp3) is 0.588. The van der Waals surface area contributed by atoms with E-state index in [1.165, 1.54) is 24.1 Å². The van der Waals surface area contributed by atoms with Crippen LogP contribution in [0.3, 0.4) is 0 Å². The summed E-state index contributed by atoms with van der Waals surface area (Å²) in [5.74, 6) is 0.926. The molecule has 1 aliphatic heterocycles. The van der Waals surface area contributed by atoms with Crippen molar-refractivity contribution in [2.75, 3.05) is 31.1 Å². The fourth-order valence-corrected chi connectivity index (χ4v) is 3.06. The molecule has 1 fully saturated rings. The summed E-state index contributed by atoms with van der Waals surface area (Å²) in [6, 6.07) is 9.09. The predicted octanol–water partition coefficient (Wildman–Crippen LogP) is 1.55. The first-order valence-corrected chi connectivity index (χ1v) is 8.06. The zero-order valence-electron chi connectivity index (χ0n) is 12.8. The van der Waals surface area contributed by atoms with Crippen molar-refractivity contribution in [2.24, 2.45) is 5.92 Å². The monoisotopic (exact) mass is 287 g/mol.